The number of imidazole rings is 1. The SMILES string of the molecule is Cc1ccc2c(c1)ncn2CC(=O)NCCN(C)C1CCCCC1. The van der Waals surface area contributed by atoms with Gasteiger partial charge in [0.2, 0.25) is 5.91 Å². The number of hydrogen-bond donors (Lipinski definition) is 1. The maximum absolute atomic E-state index is 12.2. The third-order valence-electron chi connectivity index (χ3n) is 5.08. The van der Waals surface area contributed by atoms with Crippen LogP contribution in [0.4, 0.5) is 0 Å². The van der Waals surface area contributed by atoms with Crippen LogP contribution in [0.5, 0.6) is 0 Å². The normalized spacial score (nSPS) is 16.0. The molecule has 5 nitrogen and oxygen atoms in total. The van der Waals surface area contributed by atoms with Crippen LogP contribution in [-0.4, -0.2) is 46.5 Å². The van der Waals surface area contributed by atoms with Gasteiger partial charge < -0.3 is 14.8 Å². The number of carbonyl (C=O) groups is 1. The van der Waals surface area contributed by atoms with E-state index in [2.05, 4.69) is 28.3 Å². The first-order valence-electron chi connectivity index (χ1n) is 9.02. The Hall–Kier alpha value is -1.88. The Balaban J connectivity index is 1.46. The van der Waals surface area contributed by atoms with Crippen molar-refractivity contribution in [1.29, 1.82) is 0 Å². The van der Waals surface area contributed by atoms with Crippen molar-refractivity contribution in [3.8, 4) is 0 Å². The molecule has 1 aliphatic rings. The molecular formula is C19H28N4O. The van der Waals surface area contributed by atoms with Crippen molar-refractivity contribution in [3.05, 3.63) is 30.1 Å². The van der Waals surface area contributed by atoms with Crippen LogP contribution in [-0.2, 0) is 11.3 Å². The molecule has 1 fully saturated rings. The zero-order chi connectivity index (χ0) is 16.9. The molecule has 5 heteroatoms. The Bertz CT molecular complexity index is 688. The first-order chi connectivity index (χ1) is 11.6. The van der Waals surface area contributed by atoms with E-state index in [0.717, 1.165) is 17.6 Å². The Morgan fingerprint density at radius 1 is 1.33 bits per heavy atom. The van der Waals surface area contributed by atoms with Gasteiger partial charge >= 0.3 is 0 Å². The summed E-state index contributed by atoms with van der Waals surface area (Å²) in [6, 6.07) is 6.82. The molecule has 0 unspecified atom stereocenters. The molecule has 3 rings (SSSR count). The van der Waals surface area contributed by atoms with E-state index in [4.69, 9.17) is 0 Å². The molecule has 0 aliphatic heterocycles. The molecule has 1 aromatic carbocycles. The van der Waals surface area contributed by atoms with Gasteiger partial charge in [-0.1, -0.05) is 25.3 Å². The second-order valence-corrected chi connectivity index (χ2v) is 6.99. The number of likely N-dealkylation sites (N-methyl/N-ethyl adjacent to an activating group) is 1. The summed E-state index contributed by atoms with van der Waals surface area (Å²) in [6.45, 7) is 4.00. The van der Waals surface area contributed by atoms with Gasteiger partial charge in [0, 0.05) is 19.1 Å². The van der Waals surface area contributed by atoms with Gasteiger partial charge in [-0.3, -0.25) is 4.79 Å². The lowest BCUT2D eigenvalue weighted by Gasteiger charge is -2.31. The minimum atomic E-state index is 0.0481. The summed E-state index contributed by atoms with van der Waals surface area (Å²) < 4.78 is 1.91. The Morgan fingerprint density at radius 2 is 2.12 bits per heavy atom. The van der Waals surface area contributed by atoms with E-state index in [1.165, 1.54) is 37.7 Å². The second kappa shape index (κ2) is 7.79. The summed E-state index contributed by atoms with van der Waals surface area (Å²) in [5, 5.41) is 3.04. The second-order valence-electron chi connectivity index (χ2n) is 6.99. The molecule has 0 spiro atoms. The summed E-state index contributed by atoms with van der Waals surface area (Å²) in [7, 11) is 2.17. The largest absolute Gasteiger partial charge is 0.353 e. The van der Waals surface area contributed by atoms with Crippen LogP contribution in [0.3, 0.4) is 0 Å². The fourth-order valence-corrected chi connectivity index (χ4v) is 3.59. The van der Waals surface area contributed by atoms with E-state index in [1.54, 1.807) is 6.33 Å². The van der Waals surface area contributed by atoms with Crippen molar-refractivity contribution in [2.45, 2.75) is 51.6 Å². The van der Waals surface area contributed by atoms with Gasteiger partial charge in [0.25, 0.3) is 0 Å². The molecule has 130 valence electrons. The topological polar surface area (TPSA) is 50.2 Å². The van der Waals surface area contributed by atoms with Gasteiger partial charge in [0.05, 0.1) is 17.4 Å². The molecular weight excluding hydrogens is 300 g/mol. The Labute approximate surface area is 144 Å². The summed E-state index contributed by atoms with van der Waals surface area (Å²) in [5.74, 6) is 0.0481. The van der Waals surface area contributed by atoms with Crippen molar-refractivity contribution in [2.24, 2.45) is 0 Å². The van der Waals surface area contributed by atoms with E-state index in [1.807, 2.05) is 23.6 Å². The number of amides is 1. The number of fused-ring (bicyclic) bond motifs is 1. The van der Waals surface area contributed by atoms with E-state index < -0.39 is 0 Å². The molecule has 24 heavy (non-hydrogen) atoms. The van der Waals surface area contributed by atoms with Gasteiger partial charge in [0.1, 0.15) is 6.54 Å². The molecule has 1 N–H and O–H groups in total. The van der Waals surface area contributed by atoms with Crippen LogP contribution >= 0.6 is 0 Å². The van der Waals surface area contributed by atoms with Crippen LogP contribution in [0.15, 0.2) is 24.5 Å². The number of carbonyl (C=O) groups excluding carboxylic acids is 1. The van der Waals surface area contributed by atoms with Gasteiger partial charge in [-0.2, -0.15) is 0 Å². The number of benzene rings is 1. The number of nitrogens with one attached hydrogen (secondary N) is 1. The fourth-order valence-electron chi connectivity index (χ4n) is 3.59. The van der Waals surface area contributed by atoms with Crippen molar-refractivity contribution in [3.63, 3.8) is 0 Å². The first-order valence-corrected chi connectivity index (χ1v) is 9.02. The maximum atomic E-state index is 12.2. The summed E-state index contributed by atoms with van der Waals surface area (Å²) >= 11 is 0. The minimum Gasteiger partial charge on any atom is -0.353 e. The molecule has 1 aliphatic carbocycles. The van der Waals surface area contributed by atoms with Crippen molar-refractivity contribution in [1.82, 2.24) is 19.8 Å². The van der Waals surface area contributed by atoms with Gasteiger partial charge in [0.15, 0.2) is 0 Å². The summed E-state index contributed by atoms with van der Waals surface area (Å²) in [5.41, 5.74) is 3.14. The lowest BCUT2D eigenvalue weighted by Crippen LogP contribution is -2.40. The number of nitrogens with zero attached hydrogens (tertiary/aromatic N) is 3. The Morgan fingerprint density at radius 3 is 2.92 bits per heavy atom. The monoisotopic (exact) mass is 328 g/mol. The van der Waals surface area contributed by atoms with E-state index >= 15 is 0 Å². The highest BCUT2D eigenvalue weighted by atomic mass is 16.1. The third-order valence-corrected chi connectivity index (χ3v) is 5.08. The van der Waals surface area contributed by atoms with Crippen LogP contribution in [0.1, 0.15) is 37.7 Å². The zero-order valence-electron chi connectivity index (χ0n) is 14.8. The quantitative estimate of drug-likeness (QED) is 0.887. The van der Waals surface area contributed by atoms with E-state index in [-0.39, 0.29) is 5.91 Å². The molecule has 1 heterocycles. The molecule has 0 saturated heterocycles. The summed E-state index contributed by atoms with van der Waals surface area (Å²) in [6.07, 6.45) is 8.40. The average Bonchev–Trinajstić information content (AvgIpc) is 2.97. The molecule has 0 bridgehead atoms. The molecule has 1 amide bonds. The standard InChI is InChI=1S/C19H28N4O/c1-15-8-9-18-17(12-15)21-14-23(18)13-19(24)20-10-11-22(2)16-6-4-3-5-7-16/h8-9,12,14,16H,3-7,10-11,13H2,1-2H3,(H,20,24). The zero-order valence-corrected chi connectivity index (χ0v) is 14.8. The smallest absolute Gasteiger partial charge is 0.240 e. The van der Waals surface area contributed by atoms with Gasteiger partial charge in [-0.15, -0.1) is 0 Å². The summed E-state index contributed by atoms with van der Waals surface area (Å²) in [4.78, 5) is 19.0. The maximum Gasteiger partial charge on any atom is 0.240 e. The van der Waals surface area contributed by atoms with Crippen LogP contribution < -0.4 is 5.32 Å². The van der Waals surface area contributed by atoms with Gasteiger partial charge in [-0.05, 0) is 44.5 Å². The highest BCUT2D eigenvalue weighted by Gasteiger charge is 2.17. The Kier molecular flexibility index (Phi) is 5.51. The lowest BCUT2D eigenvalue weighted by atomic mass is 9.94. The van der Waals surface area contributed by atoms with Crippen LogP contribution in [0.2, 0.25) is 0 Å². The number of rotatable bonds is 6. The van der Waals surface area contributed by atoms with E-state index in [9.17, 15) is 4.79 Å². The van der Waals surface area contributed by atoms with Crippen molar-refractivity contribution < 1.29 is 4.79 Å². The number of hydrogen-bond acceptors (Lipinski definition) is 3. The highest BCUT2D eigenvalue weighted by molar-refractivity contribution is 5.80. The fraction of sp³-hybridized carbons (Fsp3) is 0.579. The molecule has 2 aromatic rings. The lowest BCUT2D eigenvalue weighted by molar-refractivity contribution is -0.121. The minimum absolute atomic E-state index is 0.0481. The molecule has 0 radical (unpaired) electrons. The van der Waals surface area contributed by atoms with E-state index in [0.29, 0.717) is 19.1 Å². The van der Waals surface area contributed by atoms with Crippen LogP contribution in [0, 0.1) is 6.92 Å². The van der Waals surface area contributed by atoms with Crippen LogP contribution in [0.25, 0.3) is 11.0 Å². The first kappa shape index (κ1) is 17.0. The van der Waals surface area contributed by atoms with Crippen molar-refractivity contribution >= 4 is 16.9 Å². The predicted octanol–water partition coefficient (Wildman–Crippen LogP) is 2.73. The van der Waals surface area contributed by atoms with Crippen molar-refractivity contribution in [2.75, 3.05) is 20.1 Å². The molecule has 1 aromatic heterocycles. The van der Waals surface area contributed by atoms with Gasteiger partial charge in [-0.25, -0.2) is 4.98 Å². The third kappa shape index (κ3) is 4.15. The highest BCUT2D eigenvalue weighted by Crippen LogP contribution is 2.21. The average molecular weight is 328 g/mol. The predicted molar refractivity (Wildman–Crippen MR) is 97.0 cm³/mol. The molecule has 1 saturated carbocycles. The number of aromatic nitrogens is 2. The number of aryl methyl sites for hydroxylation is 1. The molecule has 0 atom stereocenters.